The molecule has 22 heavy (non-hydrogen) atoms. The van der Waals surface area contributed by atoms with Crippen LogP contribution in [-0.4, -0.2) is 38.8 Å². The van der Waals surface area contributed by atoms with E-state index >= 15 is 0 Å². The standard InChI is InChI=1S/C15H21BrN2O3.ClH/c1-3-21-14-12(16)7-10(8-13(14)20-2)15(19)18-11-5-4-6-17-9-11;/h7-8,11,17H,3-6,9H2,1-2H3,(H,18,19);1H/t11-;/m0./s1. The average molecular weight is 394 g/mol. The van der Waals surface area contributed by atoms with Crippen molar-refractivity contribution in [2.24, 2.45) is 0 Å². The zero-order valence-electron chi connectivity index (χ0n) is 12.8. The minimum Gasteiger partial charge on any atom is -0.493 e. The Labute approximate surface area is 145 Å². The fraction of sp³-hybridized carbons (Fsp3) is 0.533. The van der Waals surface area contributed by atoms with E-state index in [1.54, 1.807) is 19.2 Å². The second-order valence-electron chi connectivity index (χ2n) is 4.94. The number of halogens is 2. The zero-order valence-corrected chi connectivity index (χ0v) is 15.2. The Kier molecular flexibility index (Phi) is 8.00. The van der Waals surface area contributed by atoms with Gasteiger partial charge in [-0.15, -0.1) is 12.4 Å². The van der Waals surface area contributed by atoms with Crippen LogP contribution < -0.4 is 20.1 Å². The Hall–Kier alpha value is -0.980. The Bertz CT molecular complexity index is 508. The first-order chi connectivity index (χ1) is 10.2. The Morgan fingerprint density at radius 1 is 1.50 bits per heavy atom. The second-order valence-corrected chi connectivity index (χ2v) is 5.79. The van der Waals surface area contributed by atoms with Crippen LogP contribution in [0.1, 0.15) is 30.1 Å². The largest absolute Gasteiger partial charge is 0.493 e. The molecule has 7 heteroatoms. The lowest BCUT2D eigenvalue weighted by Crippen LogP contribution is -2.45. The molecule has 2 N–H and O–H groups in total. The number of methoxy groups -OCH3 is 1. The maximum Gasteiger partial charge on any atom is 0.251 e. The molecular formula is C15H22BrClN2O3. The molecule has 0 unspecified atom stereocenters. The maximum atomic E-state index is 12.3. The number of hydrogen-bond donors (Lipinski definition) is 2. The van der Waals surface area contributed by atoms with Gasteiger partial charge in [-0.25, -0.2) is 0 Å². The van der Waals surface area contributed by atoms with Gasteiger partial charge in [0.2, 0.25) is 0 Å². The lowest BCUT2D eigenvalue weighted by Gasteiger charge is -2.24. The van der Waals surface area contributed by atoms with Gasteiger partial charge in [0.15, 0.2) is 11.5 Å². The lowest BCUT2D eigenvalue weighted by atomic mass is 10.1. The van der Waals surface area contributed by atoms with Gasteiger partial charge < -0.3 is 20.1 Å². The third kappa shape index (κ3) is 4.76. The van der Waals surface area contributed by atoms with Gasteiger partial charge in [0.05, 0.1) is 18.2 Å². The maximum absolute atomic E-state index is 12.3. The van der Waals surface area contributed by atoms with E-state index in [0.29, 0.717) is 23.7 Å². The molecule has 1 aliphatic heterocycles. The van der Waals surface area contributed by atoms with E-state index in [9.17, 15) is 4.79 Å². The van der Waals surface area contributed by atoms with Crippen LogP contribution in [0.25, 0.3) is 0 Å². The van der Waals surface area contributed by atoms with Crippen molar-refractivity contribution in [3.8, 4) is 11.5 Å². The van der Waals surface area contributed by atoms with E-state index in [-0.39, 0.29) is 24.4 Å². The van der Waals surface area contributed by atoms with Gasteiger partial charge in [0, 0.05) is 18.2 Å². The van der Waals surface area contributed by atoms with E-state index in [0.717, 1.165) is 30.4 Å². The summed E-state index contributed by atoms with van der Waals surface area (Å²) in [5.41, 5.74) is 0.563. The lowest BCUT2D eigenvalue weighted by molar-refractivity contribution is 0.0930. The molecule has 1 aromatic carbocycles. The van der Waals surface area contributed by atoms with E-state index in [2.05, 4.69) is 26.6 Å². The molecule has 0 aliphatic carbocycles. The van der Waals surface area contributed by atoms with Gasteiger partial charge in [-0.05, 0) is 54.4 Å². The van der Waals surface area contributed by atoms with Gasteiger partial charge in [-0.1, -0.05) is 0 Å². The van der Waals surface area contributed by atoms with Crippen LogP contribution >= 0.6 is 28.3 Å². The Balaban J connectivity index is 0.00000242. The molecule has 0 aromatic heterocycles. The number of benzene rings is 1. The highest BCUT2D eigenvalue weighted by atomic mass is 79.9. The number of carbonyl (C=O) groups is 1. The van der Waals surface area contributed by atoms with Crippen molar-refractivity contribution >= 4 is 34.2 Å². The number of carbonyl (C=O) groups excluding carboxylic acids is 1. The fourth-order valence-corrected chi connectivity index (χ4v) is 2.94. The van der Waals surface area contributed by atoms with E-state index in [1.165, 1.54) is 0 Å². The summed E-state index contributed by atoms with van der Waals surface area (Å²) in [6, 6.07) is 3.66. The average Bonchev–Trinajstić information content (AvgIpc) is 2.50. The van der Waals surface area contributed by atoms with Gasteiger partial charge in [0.1, 0.15) is 0 Å². The molecule has 1 heterocycles. The normalized spacial score (nSPS) is 17.3. The highest BCUT2D eigenvalue weighted by molar-refractivity contribution is 9.10. The van der Waals surface area contributed by atoms with Gasteiger partial charge >= 0.3 is 0 Å². The first-order valence-corrected chi connectivity index (χ1v) is 7.97. The number of ether oxygens (including phenoxy) is 2. The van der Waals surface area contributed by atoms with E-state index < -0.39 is 0 Å². The molecule has 0 radical (unpaired) electrons. The summed E-state index contributed by atoms with van der Waals surface area (Å²) in [5, 5.41) is 6.33. The molecule has 0 bridgehead atoms. The third-order valence-corrected chi connectivity index (χ3v) is 4.00. The minimum absolute atomic E-state index is 0. The van der Waals surface area contributed by atoms with Crippen LogP contribution in [0.5, 0.6) is 11.5 Å². The van der Waals surface area contributed by atoms with Crippen molar-refractivity contribution in [2.75, 3.05) is 26.8 Å². The van der Waals surface area contributed by atoms with Crippen molar-refractivity contribution < 1.29 is 14.3 Å². The number of piperidine rings is 1. The summed E-state index contributed by atoms with van der Waals surface area (Å²) in [5.74, 6) is 1.08. The van der Waals surface area contributed by atoms with Crippen LogP contribution in [0, 0.1) is 0 Å². The molecule has 0 saturated carbocycles. The van der Waals surface area contributed by atoms with Crippen LogP contribution in [-0.2, 0) is 0 Å². The molecule has 124 valence electrons. The predicted molar refractivity (Wildman–Crippen MR) is 92.5 cm³/mol. The molecule has 0 spiro atoms. The topological polar surface area (TPSA) is 59.6 Å². The summed E-state index contributed by atoms with van der Waals surface area (Å²) in [6.45, 7) is 4.28. The molecule has 1 aliphatic rings. The number of nitrogens with one attached hydrogen (secondary N) is 2. The molecule has 1 saturated heterocycles. The molecule has 1 aromatic rings. The summed E-state index contributed by atoms with van der Waals surface area (Å²) in [4.78, 5) is 12.3. The van der Waals surface area contributed by atoms with Crippen LogP contribution in [0.3, 0.4) is 0 Å². The number of hydrogen-bond acceptors (Lipinski definition) is 4. The van der Waals surface area contributed by atoms with Crippen LogP contribution in [0.2, 0.25) is 0 Å². The van der Waals surface area contributed by atoms with E-state index in [4.69, 9.17) is 9.47 Å². The van der Waals surface area contributed by atoms with Gasteiger partial charge in [-0.3, -0.25) is 4.79 Å². The van der Waals surface area contributed by atoms with Crippen molar-refractivity contribution in [1.29, 1.82) is 0 Å². The summed E-state index contributed by atoms with van der Waals surface area (Å²) in [6.07, 6.45) is 2.09. The van der Waals surface area contributed by atoms with Crippen LogP contribution in [0.15, 0.2) is 16.6 Å². The Morgan fingerprint density at radius 3 is 2.86 bits per heavy atom. The van der Waals surface area contributed by atoms with Crippen molar-refractivity contribution in [3.63, 3.8) is 0 Å². The highest BCUT2D eigenvalue weighted by Gasteiger charge is 2.19. The summed E-state index contributed by atoms with van der Waals surface area (Å²) >= 11 is 3.44. The molecule has 1 amide bonds. The van der Waals surface area contributed by atoms with E-state index in [1.807, 2.05) is 6.92 Å². The molecule has 1 fully saturated rings. The molecule has 1 atom stereocenters. The van der Waals surface area contributed by atoms with Crippen molar-refractivity contribution in [1.82, 2.24) is 10.6 Å². The first-order valence-electron chi connectivity index (χ1n) is 7.17. The fourth-order valence-electron chi connectivity index (χ4n) is 2.38. The quantitative estimate of drug-likeness (QED) is 0.807. The third-order valence-electron chi connectivity index (χ3n) is 3.41. The minimum atomic E-state index is -0.0919. The summed E-state index contributed by atoms with van der Waals surface area (Å²) < 4.78 is 11.6. The van der Waals surface area contributed by atoms with Crippen LogP contribution in [0.4, 0.5) is 0 Å². The van der Waals surface area contributed by atoms with Crippen molar-refractivity contribution in [3.05, 3.63) is 22.2 Å². The smallest absolute Gasteiger partial charge is 0.251 e. The van der Waals surface area contributed by atoms with Crippen molar-refractivity contribution in [2.45, 2.75) is 25.8 Å². The SMILES string of the molecule is CCOc1c(Br)cc(C(=O)N[C@H]2CCCNC2)cc1OC.Cl. The highest BCUT2D eigenvalue weighted by Crippen LogP contribution is 2.36. The molecular weight excluding hydrogens is 372 g/mol. The Morgan fingerprint density at radius 2 is 2.27 bits per heavy atom. The first kappa shape index (κ1) is 19.1. The molecule has 2 rings (SSSR count). The number of rotatable bonds is 5. The molecule has 5 nitrogen and oxygen atoms in total. The zero-order chi connectivity index (χ0) is 15.2. The monoisotopic (exact) mass is 392 g/mol. The summed E-state index contributed by atoms with van der Waals surface area (Å²) in [7, 11) is 1.57. The predicted octanol–water partition coefficient (Wildman–Crippen LogP) is 2.76. The van der Waals surface area contributed by atoms with Gasteiger partial charge in [-0.2, -0.15) is 0 Å². The number of amides is 1. The second kappa shape index (κ2) is 9.22. The van der Waals surface area contributed by atoms with Gasteiger partial charge in [0.25, 0.3) is 5.91 Å².